The summed E-state index contributed by atoms with van der Waals surface area (Å²) in [5, 5.41) is 15.0. The Balaban J connectivity index is 1.40. The number of hydrogen-bond donors (Lipinski definition) is 2. The maximum atomic E-state index is 14.0. The average molecular weight is 621 g/mol. The summed E-state index contributed by atoms with van der Waals surface area (Å²) in [5.41, 5.74) is 1.46. The van der Waals surface area contributed by atoms with Gasteiger partial charge in [0.25, 0.3) is 0 Å². The Morgan fingerprint density at radius 3 is 2.97 bits per heavy atom. The Morgan fingerprint density at radius 2 is 2.26 bits per heavy atom. The van der Waals surface area contributed by atoms with Crippen molar-refractivity contribution in [2.24, 2.45) is 10.4 Å². The minimum atomic E-state index is -1.01. The number of halogens is 2. The largest absolute Gasteiger partial charge is 0.480 e. The molecule has 0 amide bonds. The molecule has 3 fully saturated rings. The van der Waals surface area contributed by atoms with Crippen molar-refractivity contribution in [1.82, 2.24) is 15.2 Å². The first-order valence-electron chi connectivity index (χ1n) is 12.6. The molecule has 5 atom stereocenters. The molecule has 1 saturated carbocycles. The summed E-state index contributed by atoms with van der Waals surface area (Å²) in [7, 11) is 0. The Labute approximate surface area is 236 Å². The van der Waals surface area contributed by atoms with Crippen LogP contribution in [-0.4, -0.2) is 83.9 Å². The summed E-state index contributed by atoms with van der Waals surface area (Å²) in [5.74, 6) is -1.46. The standard InChI is InChI=1S/C26H26BrFN4O6S/c1-2-37-25(35)20-16(9-32-18-10-36-12-26(18)8-17(22(26)32)38-11-19(33)34)30-23(24-29-5-6-39-24)31-21(20)14-4-3-13(28)7-15(14)27/h3-7,17-18,21-22H,2,8-12H2,1H3,(H,30,31)(H,33,34)/t17?,18?,21-,22?,26?/m0/s1. The van der Waals surface area contributed by atoms with Gasteiger partial charge in [-0.05, 0) is 31.0 Å². The van der Waals surface area contributed by atoms with Gasteiger partial charge in [0.2, 0.25) is 0 Å². The number of carboxylic acid groups (broad SMARTS) is 1. The topological polar surface area (TPSA) is 123 Å². The molecule has 1 aromatic heterocycles. The zero-order valence-electron chi connectivity index (χ0n) is 20.9. The van der Waals surface area contributed by atoms with E-state index in [0.29, 0.717) is 51.9 Å². The number of nitrogens with one attached hydrogen (secondary N) is 1. The van der Waals surface area contributed by atoms with Crippen LogP contribution in [0.5, 0.6) is 0 Å². The minimum Gasteiger partial charge on any atom is -0.480 e. The van der Waals surface area contributed by atoms with Gasteiger partial charge in [-0.2, -0.15) is 0 Å². The predicted octanol–water partition coefficient (Wildman–Crippen LogP) is 2.90. The van der Waals surface area contributed by atoms with Crippen molar-refractivity contribution in [1.29, 1.82) is 0 Å². The number of nitrogens with zero attached hydrogens (tertiary/aromatic N) is 3. The van der Waals surface area contributed by atoms with Crippen molar-refractivity contribution >= 4 is 45.0 Å². The summed E-state index contributed by atoms with van der Waals surface area (Å²) in [6.45, 7) is 3.02. The van der Waals surface area contributed by atoms with E-state index in [2.05, 4.69) is 31.1 Å². The molecule has 206 valence electrons. The third-order valence-corrected chi connectivity index (χ3v) is 9.33. The second-order valence-corrected chi connectivity index (χ2v) is 11.7. The van der Waals surface area contributed by atoms with Crippen LogP contribution in [0.3, 0.4) is 0 Å². The number of hydrogen-bond acceptors (Lipinski definition) is 10. The molecule has 0 bridgehead atoms. The third-order valence-electron chi connectivity index (χ3n) is 7.87. The number of benzene rings is 1. The Hall–Kier alpha value is -2.71. The van der Waals surface area contributed by atoms with Crippen molar-refractivity contribution < 1.29 is 33.3 Å². The molecule has 1 spiro atoms. The smallest absolute Gasteiger partial charge is 0.338 e. The molecule has 4 heterocycles. The fourth-order valence-corrected chi connectivity index (χ4v) is 7.44. The van der Waals surface area contributed by atoms with Crippen molar-refractivity contribution in [3.63, 3.8) is 0 Å². The zero-order valence-corrected chi connectivity index (χ0v) is 23.3. The number of aliphatic carboxylic acids is 1. The Kier molecular flexibility index (Phi) is 7.04. The Bertz CT molecular complexity index is 1370. The number of ether oxygens (including phenoxy) is 3. The van der Waals surface area contributed by atoms with Gasteiger partial charge < -0.3 is 24.6 Å². The Morgan fingerprint density at radius 1 is 1.41 bits per heavy atom. The van der Waals surface area contributed by atoms with E-state index in [-0.39, 0.29) is 36.8 Å². The highest BCUT2D eigenvalue weighted by atomic mass is 79.9. The van der Waals surface area contributed by atoms with E-state index in [4.69, 9.17) is 24.3 Å². The number of carbonyl (C=O) groups excluding carboxylic acids is 1. The number of aliphatic imine (C=N–C) groups is 1. The van der Waals surface area contributed by atoms with E-state index < -0.39 is 23.8 Å². The number of thiazole rings is 1. The summed E-state index contributed by atoms with van der Waals surface area (Å²) in [6, 6.07) is 3.58. The predicted molar refractivity (Wildman–Crippen MR) is 142 cm³/mol. The van der Waals surface area contributed by atoms with Crippen LogP contribution in [0.2, 0.25) is 0 Å². The number of likely N-dealkylation sites (tertiary alicyclic amines) is 1. The molecule has 1 aliphatic carbocycles. The lowest BCUT2D eigenvalue weighted by atomic mass is 9.52. The van der Waals surface area contributed by atoms with Crippen molar-refractivity contribution in [2.45, 2.75) is 37.6 Å². The molecule has 13 heteroatoms. The van der Waals surface area contributed by atoms with Crippen LogP contribution >= 0.6 is 27.3 Å². The molecule has 2 aromatic rings. The molecule has 4 unspecified atom stereocenters. The molecule has 0 radical (unpaired) electrons. The second kappa shape index (κ2) is 10.4. The van der Waals surface area contributed by atoms with Gasteiger partial charge in [-0.1, -0.05) is 22.0 Å². The molecule has 2 N–H and O–H groups in total. The highest BCUT2D eigenvalue weighted by Crippen LogP contribution is 2.61. The van der Waals surface area contributed by atoms with Gasteiger partial charge in [-0.3, -0.25) is 9.89 Å². The van der Waals surface area contributed by atoms with E-state index in [1.165, 1.54) is 23.5 Å². The lowest BCUT2D eigenvalue weighted by Crippen LogP contribution is -2.82. The van der Waals surface area contributed by atoms with Gasteiger partial charge in [-0.25, -0.2) is 19.0 Å². The maximum absolute atomic E-state index is 14.0. The van der Waals surface area contributed by atoms with Crippen molar-refractivity contribution in [3.05, 3.63) is 61.9 Å². The molecule has 2 saturated heterocycles. The lowest BCUT2D eigenvalue weighted by molar-refractivity contribution is -0.254. The van der Waals surface area contributed by atoms with Gasteiger partial charge in [0, 0.05) is 45.8 Å². The van der Waals surface area contributed by atoms with Gasteiger partial charge in [0.05, 0.1) is 31.5 Å². The highest BCUT2D eigenvalue weighted by Gasteiger charge is 2.73. The van der Waals surface area contributed by atoms with E-state index in [9.17, 15) is 14.0 Å². The molecule has 4 aliphatic rings. The number of aromatic nitrogens is 1. The second-order valence-electron chi connectivity index (χ2n) is 9.95. The van der Waals surface area contributed by atoms with Crippen molar-refractivity contribution in [3.8, 4) is 0 Å². The van der Waals surface area contributed by atoms with E-state index >= 15 is 0 Å². The summed E-state index contributed by atoms with van der Waals surface area (Å²) < 4.78 is 31.5. The fraction of sp³-hybridized carbons (Fsp3) is 0.462. The average Bonchev–Trinajstić information content (AvgIpc) is 3.56. The number of piperidine rings is 1. The van der Waals surface area contributed by atoms with Crippen LogP contribution in [0, 0.1) is 11.2 Å². The monoisotopic (exact) mass is 620 g/mol. The third kappa shape index (κ3) is 4.49. The van der Waals surface area contributed by atoms with Gasteiger partial charge in [-0.15, -0.1) is 11.3 Å². The van der Waals surface area contributed by atoms with Crippen LogP contribution < -0.4 is 5.32 Å². The molecule has 3 aliphatic heterocycles. The molecular weight excluding hydrogens is 595 g/mol. The first kappa shape index (κ1) is 26.5. The first-order chi connectivity index (χ1) is 18.8. The number of rotatable bonds is 9. The van der Waals surface area contributed by atoms with Crippen molar-refractivity contribution in [2.75, 3.05) is 33.0 Å². The van der Waals surface area contributed by atoms with Gasteiger partial charge in [0.15, 0.2) is 10.8 Å². The molecule has 39 heavy (non-hydrogen) atoms. The van der Waals surface area contributed by atoms with Crippen LogP contribution in [0.1, 0.15) is 30.0 Å². The van der Waals surface area contributed by atoms with Crippen LogP contribution in [0.4, 0.5) is 4.39 Å². The van der Waals surface area contributed by atoms with E-state index in [0.717, 1.165) is 6.42 Å². The number of carboxylic acids is 1. The molecular formula is C26H26BrFN4O6S. The van der Waals surface area contributed by atoms with E-state index in [1.54, 1.807) is 19.2 Å². The van der Waals surface area contributed by atoms with Crippen LogP contribution in [0.25, 0.3) is 0 Å². The number of esters is 1. The summed E-state index contributed by atoms with van der Waals surface area (Å²) in [4.78, 5) is 36.1. The minimum absolute atomic E-state index is 0.0414. The lowest BCUT2D eigenvalue weighted by Gasteiger charge is -2.70. The highest BCUT2D eigenvalue weighted by molar-refractivity contribution is 9.10. The van der Waals surface area contributed by atoms with Crippen LogP contribution in [0.15, 0.2) is 50.5 Å². The van der Waals surface area contributed by atoms with Crippen LogP contribution in [-0.2, 0) is 23.8 Å². The molecule has 10 nitrogen and oxygen atoms in total. The first-order valence-corrected chi connectivity index (χ1v) is 14.3. The normalized spacial score (nSPS) is 29.5. The van der Waals surface area contributed by atoms with Gasteiger partial charge >= 0.3 is 11.9 Å². The maximum Gasteiger partial charge on any atom is 0.338 e. The molecule has 6 rings (SSSR count). The SMILES string of the molecule is CCOC(=O)C1=C(CN2C3COCC34CC(OCC(=O)O)C24)NC(c2nccs2)=N[C@H]1c1ccc(F)cc1Br. The van der Waals surface area contributed by atoms with Gasteiger partial charge in [0.1, 0.15) is 18.5 Å². The summed E-state index contributed by atoms with van der Waals surface area (Å²) in [6.07, 6.45) is 2.17. The summed E-state index contributed by atoms with van der Waals surface area (Å²) >= 11 is 4.86. The number of carbonyl (C=O) groups is 2. The number of amidine groups is 1. The molecule has 1 aromatic carbocycles. The fourth-order valence-electron chi connectivity index (χ4n) is 6.28. The zero-order chi connectivity index (χ0) is 27.3. The quantitative estimate of drug-likeness (QED) is 0.407. The van der Waals surface area contributed by atoms with E-state index in [1.807, 2.05) is 5.38 Å².